The van der Waals surface area contributed by atoms with Crippen LogP contribution in [0.15, 0.2) is 0 Å². The van der Waals surface area contributed by atoms with Gasteiger partial charge in [0.1, 0.15) is 0 Å². The first-order valence-corrected chi connectivity index (χ1v) is 10.8. The van der Waals surface area contributed by atoms with Gasteiger partial charge in [0.2, 0.25) is 0 Å². The summed E-state index contributed by atoms with van der Waals surface area (Å²) in [6.07, 6.45) is 8.87. The van der Waals surface area contributed by atoms with Crippen molar-refractivity contribution in [3.63, 3.8) is 0 Å². The Morgan fingerprint density at radius 2 is 1.38 bits per heavy atom. The van der Waals surface area contributed by atoms with Crippen LogP contribution in [0.5, 0.6) is 0 Å². The van der Waals surface area contributed by atoms with Crippen LogP contribution in [0.1, 0.15) is 90.4 Å². The molecule has 1 aliphatic carbocycles. The third kappa shape index (κ3) is 8.60. The Bertz CT molecular complexity index is 357. The molecule has 0 radical (unpaired) electrons. The largest absolute Gasteiger partial charge is 0.389 e. The summed E-state index contributed by atoms with van der Waals surface area (Å²) in [6.45, 7) is 3.36. The van der Waals surface area contributed by atoms with Crippen LogP contribution in [-0.2, 0) is 9.47 Å². The maximum Gasteiger partial charge on any atom is 0.389 e. The van der Waals surface area contributed by atoms with Crippen molar-refractivity contribution >= 4 is 0 Å². The smallest absolute Gasteiger partial charge is 0.352 e. The summed E-state index contributed by atoms with van der Waals surface area (Å²) < 4.78 is 48.4. The lowest BCUT2D eigenvalue weighted by atomic mass is 9.79. The van der Waals surface area contributed by atoms with Gasteiger partial charge < -0.3 is 9.47 Å². The fourth-order valence-corrected chi connectivity index (χ4v) is 4.37. The van der Waals surface area contributed by atoms with E-state index >= 15 is 0 Å². The molecular weight excluding hydrogens is 341 g/mol. The van der Waals surface area contributed by atoms with Gasteiger partial charge in [-0.1, -0.05) is 45.4 Å². The third-order valence-electron chi connectivity index (χ3n) is 6.06. The van der Waals surface area contributed by atoms with E-state index in [1.54, 1.807) is 0 Å². The maximum atomic E-state index is 12.2. The number of halogens is 3. The fourth-order valence-electron chi connectivity index (χ4n) is 4.37. The predicted molar refractivity (Wildman–Crippen MR) is 97.9 cm³/mol. The second kappa shape index (κ2) is 11.5. The molecule has 1 aliphatic heterocycles. The number of hydrogen-bond acceptors (Lipinski definition) is 2. The van der Waals surface area contributed by atoms with Crippen LogP contribution < -0.4 is 0 Å². The molecule has 0 N–H and O–H groups in total. The standard InChI is InChI=1S/C21H37F3O2/c1-2-3-4-5-6-8-17-10-12-19(13-11-17)20-25-15-18(16-26-20)9-7-14-21(22,23)24/h17-20H,2-16H2,1H3. The van der Waals surface area contributed by atoms with Crippen LogP contribution in [0.25, 0.3) is 0 Å². The molecule has 154 valence electrons. The van der Waals surface area contributed by atoms with Gasteiger partial charge in [0.25, 0.3) is 0 Å². The number of rotatable bonds is 10. The molecule has 1 heterocycles. The fraction of sp³-hybridized carbons (Fsp3) is 1.00. The van der Waals surface area contributed by atoms with Gasteiger partial charge >= 0.3 is 6.18 Å². The zero-order valence-corrected chi connectivity index (χ0v) is 16.4. The number of hydrogen-bond donors (Lipinski definition) is 0. The van der Waals surface area contributed by atoms with E-state index in [1.165, 1.54) is 64.2 Å². The van der Waals surface area contributed by atoms with Crippen molar-refractivity contribution in [3.8, 4) is 0 Å². The van der Waals surface area contributed by atoms with Crippen LogP contribution in [0.3, 0.4) is 0 Å². The highest BCUT2D eigenvalue weighted by molar-refractivity contribution is 4.77. The second-order valence-corrected chi connectivity index (χ2v) is 8.39. The van der Waals surface area contributed by atoms with Gasteiger partial charge in [0, 0.05) is 18.3 Å². The zero-order chi connectivity index (χ0) is 18.8. The first-order valence-electron chi connectivity index (χ1n) is 10.8. The Balaban J connectivity index is 1.54. The third-order valence-corrected chi connectivity index (χ3v) is 6.06. The van der Waals surface area contributed by atoms with Crippen LogP contribution >= 0.6 is 0 Å². The van der Waals surface area contributed by atoms with E-state index < -0.39 is 12.6 Å². The van der Waals surface area contributed by atoms with Crippen molar-refractivity contribution in [1.82, 2.24) is 0 Å². The summed E-state index contributed by atoms with van der Waals surface area (Å²) in [5.74, 6) is 1.46. The molecular formula is C21H37F3O2. The average Bonchev–Trinajstić information content (AvgIpc) is 2.62. The van der Waals surface area contributed by atoms with E-state index in [9.17, 15) is 13.2 Å². The van der Waals surface area contributed by atoms with E-state index in [1.807, 2.05) is 0 Å². The van der Waals surface area contributed by atoms with Crippen molar-refractivity contribution in [2.75, 3.05) is 13.2 Å². The van der Waals surface area contributed by atoms with Gasteiger partial charge in [-0.3, -0.25) is 0 Å². The molecule has 0 bridgehead atoms. The number of ether oxygens (including phenoxy) is 2. The van der Waals surface area contributed by atoms with Gasteiger partial charge in [-0.05, 0) is 44.4 Å². The lowest BCUT2D eigenvalue weighted by Crippen LogP contribution is -2.38. The van der Waals surface area contributed by atoms with Crippen molar-refractivity contribution in [2.45, 2.75) is 103 Å². The van der Waals surface area contributed by atoms with E-state index in [0.29, 0.717) is 25.6 Å². The molecule has 0 aromatic heterocycles. The Morgan fingerprint density at radius 1 is 0.769 bits per heavy atom. The van der Waals surface area contributed by atoms with Crippen LogP contribution in [-0.4, -0.2) is 25.7 Å². The molecule has 2 aliphatic rings. The molecule has 0 unspecified atom stereocenters. The van der Waals surface area contributed by atoms with Crippen LogP contribution in [0, 0.1) is 17.8 Å². The first-order chi connectivity index (χ1) is 12.5. The van der Waals surface area contributed by atoms with Gasteiger partial charge in [-0.2, -0.15) is 13.2 Å². The molecule has 2 fully saturated rings. The van der Waals surface area contributed by atoms with Gasteiger partial charge in [-0.25, -0.2) is 0 Å². The molecule has 0 aromatic carbocycles. The summed E-state index contributed by atoms with van der Waals surface area (Å²) in [5, 5.41) is 0. The molecule has 2 rings (SSSR count). The van der Waals surface area contributed by atoms with E-state index in [2.05, 4.69) is 6.92 Å². The van der Waals surface area contributed by atoms with Gasteiger partial charge in [-0.15, -0.1) is 0 Å². The lowest BCUT2D eigenvalue weighted by Gasteiger charge is -2.37. The summed E-state index contributed by atoms with van der Waals surface area (Å²) in [7, 11) is 0. The SMILES string of the molecule is CCCCCCCC1CCC(C2OCC(CCCC(F)(F)F)CO2)CC1. The minimum atomic E-state index is -4.05. The highest BCUT2D eigenvalue weighted by Crippen LogP contribution is 2.36. The van der Waals surface area contributed by atoms with E-state index in [0.717, 1.165) is 5.92 Å². The Labute approximate surface area is 157 Å². The quantitative estimate of drug-likeness (QED) is 0.386. The van der Waals surface area contributed by atoms with Crippen molar-refractivity contribution < 1.29 is 22.6 Å². The first kappa shape index (κ1) is 22.0. The highest BCUT2D eigenvalue weighted by Gasteiger charge is 2.33. The number of alkyl halides is 3. The predicted octanol–water partition coefficient (Wildman–Crippen LogP) is 6.88. The topological polar surface area (TPSA) is 18.5 Å². The van der Waals surface area contributed by atoms with Gasteiger partial charge in [0.15, 0.2) is 6.29 Å². The number of unbranched alkanes of at least 4 members (excludes halogenated alkanes) is 4. The summed E-state index contributed by atoms with van der Waals surface area (Å²) in [4.78, 5) is 0. The summed E-state index contributed by atoms with van der Waals surface area (Å²) in [5.41, 5.74) is 0. The zero-order valence-electron chi connectivity index (χ0n) is 16.4. The van der Waals surface area contributed by atoms with Crippen molar-refractivity contribution in [3.05, 3.63) is 0 Å². The van der Waals surface area contributed by atoms with Gasteiger partial charge in [0.05, 0.1) is 13.2 Å². The minimum Gasteiger partial charge on any atom is -0.352 e. The van der Waals surface area contributed by atoms with E-state index in [-0.39, 0.29) is 18.6 Å². The minimum absolute atomic E-state index is 0.119. The molecule has 26 heavy (non-hydrogen) atoms. The maximum absolute atomic E-state index is 12.2. The molecule has 0 atom stereocenters. The molecule has 2 nitrogen and oxygen atoms in total. The normalized spacial score (nSPS) is 30.5. The summed E-state index contributed by atoms with van der Waals surface area (Å²) in [6, 6.07) is 0. The Kier molecular flexibility index (Phi) is 9.76. The van der Waals surface area contributed by atoms with Crippen molar-refractivity contribution in [2.24, 2.45) is 17.8 Å². The van der Waals surface area contributed by atoms with E-state index in [4.69, 9.17) is 9.47 Å². The average molecular weight is 379 g/mol. The second-order valence-electron chi connectivity index (χ2n) is 8.39. The molecule has 1 saturated carbocycles. The molecule has 0 spiro atoms. The summed E-state index contributed by atoms with van der Waals surface area (Å²) >= 11 is 0. The molecule has 1 saturated heterocycles. The van der Waals surface area contributed by atoms with Crippen LogP contribution in [0.4, 0.5) is 13.2 Å². The van der Waals surface area contributed by atoms with Crippen molar-refractivity contribution in [1.29, 1.82) is 0 Å². The molecule has 0 amide bonds. The molecule has 0 aromatic rings. The molecule has 5 heteroatoms. The highest BCUT2D eigenvalue weighted by atomic mass is 19.4. The Hall–Kier alpha value is -0.290. The monoisotopic (exact) mass is 378 g/mol. The lowest BCUT2D eigenvalue weighted by molar-refractivity contribution is -0.230. The van der Waals surface area contributed by atoms with Crippen LogP contribution in [0.2, 0.25) is 0 Å². The Morgan fingerprint density at radius 3 is 2.00 bits per heavy atom.